The zero-order valence-electron chi connectivity index (χ0n) is 8.75. The molecule has 0 heterocycles. The summed E-state index contributed by atoms with van der Waals surface area (Å²) in [6, 6.07) is 8.14. The fourth-order valence-corrected chi connectivity index (χ4v) is 3.97. The van der Waals surface area contributed by atoms with E-state index in [-0.39, 0.29) is 26.7 Å². The van der Waals surface area contributed by atoms with Gasteiger partial charge in [-0.2, -0.15) is 0 Å². The van der Waals surface area contributed by atoms with Crippen molar-refractivity contribution in [2.24, 2.45) is 0 Å². The quantitative estimate of drug-likeness (QED) is 0.464. The minimum absolute atomic E-state index is 0.00287. The Balaban J connectivity index is 2.51. The van der Waals surface area contributed by atoms with Crippen LogP contribution in [0.15, 0.2) is 24.3 Å². The van der Waals surface area contributed by atoms with Crippen LogP contribution in [0.25, 0.3) is 0 Å². The number of benzene rings is 1. The molecule has 0 fully saturated rings. The van der Waals surface area contributed by atoms with Crippen LogP contribution in [-0.2, 0) is 0 Å². The Kier molecular flexibility index (Phi) is 5.22. The van der Waals surface area contributed by atoms with Gasteiger partial charge in [0.2, 0.25) is 0 Å². The van der Waals surface area contributed by atoms with Gasteiger partial charge in [0.15, 0.2) is 0 Å². The number of hydrogen-bond acceptors (Lipinski definition) is 1. The van der Waals surface area contributed by atoms with E-state index in [2.05, 4.69) is 19.1 Å². The normalized spacial score (nSPS) is 10.1. The third-order valence-electron chi connectivity index (χ3n) is 2.03. The summed E-state index contributed by atoms with van der Waals surface area (Å²) in [5.41, 5.74) is 0.830. The van der Waals surface area contributed by atoms with Crippen molar-refractivity contribution in [3.05, 3.63) is 29.8 Å². The third-order valence-corrected chi connectivity index (χ3v) is 5.16. The first kappa shape index (κ1) is 11.8. The maximum absolute atomic E-state index is 11.0. The van der Waals surface area contributed by atoms with E-state index in [0.717, 1.165) is 5.56 Å². The number of Topliss-reactive ketones (excluding diaryl/α,β-unsaturated/α-hetero) is 1. The predicted molar refractivity (Wildman–Crippen MR) is 61.5 cm³/mol. The Bertz CT molecular complexity index is 290. The van der Waals surface area contributed by atoms with Crippen LogP contribution in [0.5, 0.6) is 0 Å². The summed E-state index contributed by atoms with van der Waals surface area (Å²) >= 11 is 0.00287. The van der Waals surface area contributed by atoms with Gasteiger partial charge in [0.25, 0.3) is 0 Å². The van der Waals surface area contributed by atoms with Gasteiger partial charge >= 0.3 is 96.1 Å². The Hall–Kier alpha value is -0.320. The summed E-state index contributed by atoms with van der Waals surface area (Å²) in [6.07, 6.45) is 2.63. The van der Waals surface area contributed by atoms with Gasteiger partial charge in [-0.25, -0.2) is 0 Å². The van der Waals surface area contributed by atoms with Crippen LogP contribution >= 0.6 is 0 Å². The van der Waals surface area contributed by atoms with Crippen LogP contribution in [0.4, 0.5) is 0 Å². The van der Waals surface area contributed by atoms with Crippen LogP contribution in [0.2, 0.25) is 4.47 Å². The summed E-state index contributed by atoms with van der Waals surface area (Å²) in [4.78, 5) is 11.0. The fraction of sp³-hybridized carbons (Fsp3) is 0.417. The van der Waals surface area contributed by atoms with E-state index in [1.54, 1.807) is 6.92 Å². The van der Waals surface area contributed by atoms with E-state index in [1.807, 2.05) is 12.1 Å². The maximum atomic E-state index is 11.0. The zero-order chi connectivity index (χ0) is 10.4. The molecule has 14 heavy (non-hydrogen) atoms. The van der Waals surface area contributed by atoms with Crippen molar-refractivity contribution in [3.8, 4) is 0 Å². The van der Waals surface area contributed by atoms with Gasteiger partial charge < -0.3 is 0 Å². The summed E-state index contributed by atoms with van der Waals surface area (Å²) < 4.78 is 2.84. The molecule has 0 unspecified atom stereocenters. The van der Waals surface area contributed by atoms with Gasteiger partial charge in [-0.1, -0.05) is 0 Å². The number of rotatable bonds is 5. The second-order valence-corrected chi connectivity index (χ2v) is 6.62. The average Bonchev–Trinajstić information content (AvgIpc) is 2.19. The Morgan fingerprint density at radius 1 is 1.29 bits per heavy atom. The standard InChI is InChI=1S/C12H16OTe/c1-3-4-9-14-12-7-5-11(6-8-12)10(2)13/h5-8H,3-4,9H2,1-2H3. The van der Waals surface area contributed by atoms with E-state index in [9.17, 15) is 4.79 Å². The van der Waals surface area contributed by atoms with E-state index >= 15 is 0 Å². The monoisotopic (exact) mass is 306 g/mol. The SMILES string of the molecule is CCCC[Te]c1ccc(C(C)=O)cc1. The van der Waals surface area contributed by atoms with Crippen LogP contribution < -0.4 is 3.61 Å². The molecular formula is C12H16OTe. The van der Waals surface area contributed by atoms with Crippen molar-refractivity contribution in [1.82, 2.24) is 0 Å². The Morgan fingerprint density at radius 2 is 1.93 bits per heavy atom. The van der Waals surface area contributed by atoms with Gasteiger partial charge in [-0.3, -0.25) is 0 Å². The molecule has 0 saturated carbocycles. The molecule has 1 aromatic carbocycles. The topological polar surface area (TPSA) is 17.1 Å². The van der Waals surface area contributed by atoms with Crippen molar-refractivity contribution in [3.63, 3.8) is 0 Å². The number of carbonyl (C=O) groups is 1. The van der Waals surface area contributed by atoms with Crippen LogP contribution in [0, 0.1) is 0 Å². The van der Waals surface area contributed by atoms with Gasteiger partial charge in [-0.05, 0) is 0 Å². The zero-order valence-corrected chi connectivity index (χ0v) is 11.1. The van der Waals surface area contributed by atoms with Crippen molar-refractivity contribution in [2.45, 2.75) is 31.2 Å². The fourth-order valence-electron chi connectivity index (χ4n) is 1.12. The first-order valence-corrected chi connectivity index (χ1v) is 7.79. The summed E-state index contributed by atoms with van der Waals surface area (Å²) in [7, 11) is 0. The second-order valence-electron chi connectivity index (χ2n) is 3.28. The van der Waals surface area contributed by atoms with Crippen LogP contribution in [0.3, 0.4) is 0 Å². The van der Waals surface area contributed by atoms with Crippen molar-refractivity contribution >= 4 is 30.3 Å². The molecule has 0 aliphatic carbocycles. The molecule has 0 aromatic heterocycles. The van der Waals surface area contributed by atoms with Crippen molar-refractivity contribution < 1.29 is 4.79 Å². The van der Waals surface area contributed by atoms with Gasteiger partial charge in [-0.15, -0.1) is 0 Å². The third kappa shape index (κ3) is 3.82. The molecular weight excluding hydrogens is 288 g/mol. The van der Waals surface area contributed by atoms with Crippen LogP contribution in [0.1, 0.15) is 37.0 Å². The number of unbranched alkanes of at least 4 members (excludes halogenated alkanes) is 1. The molecule has 0 aliphatic rings. The van der Waals surface area contributed by atoms with Gasteiger partial charge in [0.05, 0.1) is 0 Å². The first-order valence-electron chi connectivity index (χ1n) is 4.98. The second kappa shape index (κ2) is 6.22. The predicted octanol–water partition coefficient (Wildman–Crippen LogP) is 2.44. The molecule has 1 aromatic rings. The summed E-state index contributed by atoms with van der Waals surface area (Å²) in [5.74, 6) is 0.158. The molecule has 0 spiro atoms. The van der Waals surface area contributed by atoms with Crippen molar-refractivity contribution in [2.75, 3.05) is 0 Å². The molecule has 2 heteroatoms. The molecule has 0 N–H and O–H groups in total. The molecule has 76 valence electrons. The number of ketones is 1. The molecule has 0 saturated heterocycles. The average molecular weight is 304 g/mol. The first-order chi connectivity index (χ1) is 6.74. The van der Waals surface area contributed by atoms with E-state index < -0.39 is 0 Å². The molecule has 0 amide bonds. The number of carbonyl (C=O) groups excluding carboxylic acids is 1. The molecule has 0 atom stereocenters. The van der Waals surface area contributed by atoms with Gasteiger partial charge in [0.1, 0.15) is 0 Å². The summed E-state index contributed by atoms with van der Waals surface area (Å²) in [6.45, 7) is 3.84. The molecule has 0 bridgehead atoms. The summed E-state index contributed by atoms with van der Waals surface area (Å²) in [5, 5.41) is 0. The van der Waals surface area contributed by atoms with E-state index in [0.29, 0.717) is 0 Å². The van der Waals surface area contributed by atoms with Crippen LogP contribution in [-0.4, -0.2) is 26.7 Å². The molecule has 1 rings (SSSR count). The Morgan fingerprint density at radius 3 is 2.43 bits per heavy atom. The van der Waals surface area contributed by atoms with E-state index in [4.69, 9.17) is 0 Å². The van der Waals surface area contributed by atoms with E-state index in [1.165, 1.54) is 20.9 Å². The van der Waals surface area contributed by atoms with Gasteiger partial charge in [0, 0.05) is 0 Å². The van der Waals surface area contributed by atoms with Crippen molar-refractivity contribution in [1.29, 1.82) is 0 Å². The minimum atomic E-state index is 0.00287. The molecule has 1 nitrogen and oxygen atoms in total. The molecule has 0 aliphatic heterocycles. The molecule has 0 radical (unpaired) electrons. The number of hydrogen-bond donors (Lipinski definition) is 0. The Labute approximate surface area is 96.0 Å².